The molecule has 1 aromatic carbocycles. The van der Waals surface area contributed by atoms with Crippen LogP contribution in [0.25, 0.3) is 0 Å². The van der Waals surface area contributed by atoms with Crippen molar-refractivity contribution >= 4 is 61.6 Å². The monoisotopic (exact) mass is 1170 g/mol. The number of hydrogen-bond donors (Lipinski definition) is 5. The molecule has 7 amide bonds. The van der Waals surface area contributed by atoms with E-state index in [0.29, 0.717) is 50.0 Å². The van der Waals surface area contributed by atoms with Gasteiger partial charge in [0.15, 0.2) is 14.4 Å². The first kappa shape index (κ1) is 68.9. The second-order valence-corrected chi connectivity index (χ2v) is 30.2. The zero-order chi connectivity index (χ0) is 61.9. The van der Waals surface area contributed by atoms with Gasteiger partial charge in [0.1, 0.15) is 48.1 Å². The number of benzene rings is 1. The van der Waals surface area contributed by atoms with Crippen molar-refractivity contribution in [3.8, 4) is 5.75 Å². The molecule has 0 saturated carbocycles. The molecule has 3 fully saturated rings. The number of carbonyl (C=O) groups is 9. The number of nitrogens with one attached hydrogen (secondary N) is 3. The molecule has 1 aromatic rings. The Balaban J connectivity index is 1.84. The maximum absolute atomic E-state index is 15.1. The van der Waals surface area contributed by atoms with Gasteiger partial charge in [0.25, 0.3) is 5.91 Å². The van der Waals surface area contributed by atoms with Gasteiger partial charge >= 0.3 is 11.9 Å². The zero-order valence-corrected chi connectivity index (χ0v) is 53.0. The van der Waals surface area contributed by atoms with Gasteiger partial charge in [-0.25, -0.2) is 4.79 Å². The summed E-state index contributed by atoms with van der Waals surface area (Å²) in [6.07, 6.45) is -2.64. The first-order chi connectivity index (χ1) is 38.1. The van der Waals surface area contributed by atoms with E-state index >= 15 is 14.4 Å². The summed E-state index contributed by atoms with van der Waals surface area (Å²) in [6, 6.07) is -1.72. The lowest BCUT2D eigenvalue weighted by Gasteiger charge is -2.38. The van der Waals surface area contributed by atoms with Crippen LogP contribution < -0.4 is 20.7 Å². The smallest absolute Gasteiger partial charge is 0.329 e. The third kappa shape index (κ3) is 17.7. The largest absolute Gasteiger partial charge is 0.497 e. The van der Waals surface area contributed by atoms with Crippen molar-refractivity contribution in [1.82, 2.24) is 35.6 Å². The minimum absolute atomic E-state index is 0.0949. The number of ether oxygens (including phenoxy) is 3. The van der Waals surface area contributed by atoms with Crippen LogP contribution in [0.15, 0.2) is 24.3 Å². The Morgan fingerprint density at radius 3 is 2.07 bits per heavy atom. The number of hydrogen-bond acceptors (Lipinski definition) is 14. The van der Waals surface area contributed by atoms with E-state index in [1.807, 2.05) is 61.6 Å². The van der Waals surface area contributed by atoms with Crippen LogP contribution in [0, 0.1) is 29.6 Å². The van der Waals surface area contributed by atoms with Gasteiger partial charge in [0.2, 0.25) is 35.4 Å². The SMILES string of the molecule is CC[C@H](C)[C@H]1NC(=O)[C@@H](NC(=O)[C@@H](CC(C)C)N(C)C(=O)[C@@H]2CCCN2C(=O)[C@@H](C)CC(C)(C)[Si](C)(C)O)[C@@H](C)OC(=O)[C@H](Cc2ccc(OC)cc2)N(C)C(=O)[C@@H]2CCCN2C(=O)[C@H](CC(C)C)NC(=O)[C@H](C(C)C)OC(=O)C[C@@H]1O. The number of cyclic esters (lactones) is 2. The summed E-state index contributed by atoms with van der Waals surface area (Å²) in [5, 5.41) is 19.8. The molecule has 3 heterocycles. The fourth-order valence-electron chi connectivity index (χ4n) is 11.2. The van der Waals surface area contributed by atoms with E-state index in [0.717, 1.165) is 0 Å². The second-order valence-electron chi connectivity index (χ2n) is 25.7. The molecule has 3 aliphatic rings. The van der Waals surface area contributed by atoms with Crippen LogP contribution in [0.2, 0.25) is 18.1 Å². The maximum Gasteiger partial charge on any atom is 0.329 e. The molecule has 82 heavy (non-hydrogen) atoms. The highest BCUT2D eigenvalue weighted by molar-refractivity contribution is 6.72. The van der Waals surface area contributed by atoms with Crippen LogP contribution in [0.5, 0.6) is 5.75 Å². The van der Waals surface area contributed by atoms with Crippen molar-refractivity contribution in [3.05, 3.63) is 29.8 Å². The number of fused-ring (bicyclic) bond motifs is 1. The third-order valence-electron chi connectivity index (χ3n) is 17.2. The third-order valence-corrected chi connectivity index (χ3v) is 20.7. The average molecular weight is 1170 g/mol. The maximum atomic E-state index is 15.1. The Morgan fingerprint density at radius 1 is 0.890 bits per heavy atom. The predicted molar refractivity (Wildman–Crippen MR) is 312 cm³/mol. The Kier molecular flexibility index (Phi) is 25.0. The van der Waals surface area contributed by atoms with Crippen LogP contribution in [0.4, 0.5) is 0 Å². The summed E-state index contributed by atoms with van der Waals surface area (Å²) in [6.45, 7) is 25.6. The lowest BCUT2D eigenvalue weighted by Crippen LogP contribution is -2.62. The standard InChI is InChI=1S/C60H99N7O14Si/c1-18-37(8)49-47(68)32-48(69)81-51(36(6)7)54(72)61-42(29-34(2)3)56(74)67-28-20-22-44(67)58(76)65(14)46(31-40-23-25-41(79-15)26-24-40)59(77)80-39(10)50(53(71)62-49)63-52(70)45(30-35(4)5)64(13)57(75)43-21-19-27-66(43)55(73)38(9)33-60(11,12)82(16,17)78/h23-26,34-39,42-47,49-51,68,78H,18-22,27-33H2,1-17H3,(H,61,72)(H,62,71)(H,63,70)/t37-,38-,39+,42-,43-,44-,45+,46-,47-,49+,50-,51-/m0/s1. The van der Waals surface area contributed by atoms with Crippen molar-refractivity contribution in [2.45, 2.75) is 226 Å². The molecule has 3 saturated heterocycles. The summed E-state index contributed by atoms with van der Waals surface area (Å²) >= 11 is 0. The number of carbonyl (C=O) groups excluding carboxylic acids is 9. The predicted octanol–water partition coefficient (Wildman–Crippen LogP) is 4.73. The topological polar surface area (TPSA) is 271 Å². The van der Waals surface area contributed by atoms with E-state index in [1.165, 1.54) is 42.8 Å². The Bertz CT molecular complexity index is 2400. The van der Waals surface area contributed by atoms with Crippen molar-refractivity contribution in [2.75, 3.05) is 34.3 Å². The Labute approximate surface area is 488 Å². The van der Waals surface area contributed by atoms with Crippen molar-refractivity contribution in [2.24, 2.45) is 29.6 Å². The van der Waals surface area contributed by atoms with Gasteiger partial charge in [-0.15, -0.1) is 0 Å². The summed E-state index contributed by atoms with van der Waals surface area (Å²) in [5.41, 5.74) is 0.602. The molecule has 22 heteroatoms. The van der Waals surface area contributed by atoms with Gasteiger partial charge < -0.3 is 59.7 Å². The van der Waals surface area contributed by atoms with Crippen molar-refractivity contribution in [1.29, 1.82) is 0 Å². The van der Waals surface area contributed by atoms with Crippen LogP contribution in [0.3, 0.4) is 0 Å². The number of aliphatic hydroxyl groups excluding tert-OH is 1. The summed E-state index contributed by atoms with van der Waals surface area (Å²) in [5.74, 6) is -7.58. The molecule has 12 atom stereocenters. The molecule has 4 rings (SSSR count). The molecule has 0 spiro atoms. The minimum Gasteiger partial charge on any atom is -0.497 e. The molecule has 21 nitrogen and oxygen atoms in total. The van der Waals surface area contributed by atoms with Gasteiger partial charge in [-0.2, -0.15) is 0 Å². The molecule has 0 aliphatic carbocycles. The molecule has 0 bridgehead atoms. The van der Waals surface area contributed by atoms with E-state index in [-0.39, 0.29) is 50.0 Å². The van der Waals surface area contributed by atoms with Crippen molar-refractivity contribution < 1.29 is 67.3 Å². The zero-order valence-electron chi connectivity index (χ0n) is 52.0. The van der Waals surface area contributed by atoms with Crippen LogP contribution in [0.1, 0.15) is 146 Å². The fraction of sp³-hybridized carbons (Fsp3) is 0.750. The number of methoxy groups -OCH3 is 1. The number of aliphatic hydroxyl groups is 1. The number of likely N-dealkylation sites (tertiary alicyclic amines) is 1. The summed E-state index contributed by atoms with van der Waals surface area (Å²) < 4.78 is 17.4. The lowest BCUT2D eigenvalue weighted by atomic mass is 9.92. The number of rotatable bonds is 18. The highest BCUT2D eigenvalue weighted by Crippen LogP contribution is 2.42. The molecule has 0 radical (unpaired) electrons. The minimum atomic E-state index is -2.68. The molecule has 5 N–H and O–H groups in total. The van der Waals surface area contributed by atoms with E-state index < -0.39 is 146 Å². The molecular formula is C60H99N7O14Si. The molecule has 0 unspecified atom stereocenters. The average Bonchev–Trinajstić information content (AvgIpc) is 4.29. The molecule has 0 aromatic heterocycles. The van der Waals surface area contributed by atoms with Gasteiger partial charge in [-0.1, -0.05) is 94.7 Å². The second kappa shape index (κ2) is 29.8. The first-order valence-electron chi connectivity index (χ1n) is 29.6. The van der Waals surface area contributed by atoms with E-state index in [9.17, 15) is 38.7 Å². The molecule has 3 aliphatic heterocycles. The quantitative estimate of drug-likeness (QED) is 0.0983. The van der Waals surface area contributed by atoms with E-state index in [1.54, 1.807) is 56.9 Å². The van der Waals surface area contributed by atoms with Gasteiger partial charge in [-0.05, 0) is 111 Å². The summed E-state index contributed by atoms with van der Waals surface area (Å²) in [7, 11) is 1.73. The van der Waals surface area contributed by atoms with Crippen LogP contribution >= 0.6 is 0 Å². The van der Waals surface area contributed by atoms with Crippen LogP contribution in [-0.2, 0) is 59.0 Å². The highest BCUT2D eigenvalue weighted by Gasteiger charge is 2.47. The number of likely N-dealkylation sites (N-methyl/N-ethyl adjacent to an activating group) is 2. The number of nitrogens with zero attached hydrogens (tertiary/aromatic N) is 4. The Morgan fingerprint density at radius 2 is 1.51 bits per heavy atom. The molecular weight excluding hydrogens is 1070 g/mol. The van der Waals surface area contributed by atoms with E-state index in [4.69, 9.17) is 14.2 Å². The lowest BCUT2D eigenvalue weighted by molar-refractivity contribution is -0.162. The fourth-order valence-corrected chi connectivity index (χ4v) is 12.0. The highest BCUT2D eigenvalue weighted by atomic mass is 28.4. The Hall–Kier alpha value is -5.61. The summed E-state index contributed by atoms with van der Waals surface area (Å²) in [4.78, 5) is 148. The normalized spacial score (nSPS) is 26.3. The molecule has 462 valence electrons. The van der Waals surface area contributed by atoms with Gasteiger partial charge in [-0.3, -0.25) is 38.4 Å². The van der Waals surface area contributed by atoms with Gasteiger partial charge in [0, 0.05) is 39.5 Å². The number of esters is 2. The van der Waals surface area contributed by atoms with Gasteiger partial charge in [0.05, 0.1) is 25.7 Å². The number of amides is 7. The van der Waals surface area contributed by atoms with Crippen LogP contribution in [-0.4, -0.2) is 186 Å². The van der Waals surface area contributed by atoms with Crippen molar-refractivity contribution in [3.63, 3.8) is 0 Å². The van der Waals surface area contributed by atoms with E-state index in [2.05, 4.69) is 16.0 Å². The first-order valence-corrected chi connectivity index (χ1v) is 32.6.